The molecule has 0 radical (unpaired) electrons. The fourth-order valence-electron chi connectivity index (χ4n) is 1.78. The lowest BCUT2D eigenvalue weighted by molar-refractivity contribution is 1.19. The van der Waals surface area contributed by atoms with Gasteiger partial charge in [0.1, 0.15) is 17.0 Å². The van der Waals surface area contributed by atoms with E-state index in [2.05, 4.69) is 20.3 Å². The van der Waals surface area contributed by atoms with Gasteiger partial charge in [0.25, 0.3) is 0 Å². The molecule has 0 aliphatic carbocycles. The fourth-order valence-corrected chi connectivity index (χ4v) is 1.93. The molecule has 0 bridgehead atoms. The highest BCUT2D eigenvalue weighted by molar-refractivity contribution is 6.29. The number of fused-ring (bicyclic) bond motifs is 1. The van der Waals surface area contributed by atoms with Crippen molar-refractivity contribution < 1.29 is 0 Å². The molecular weight excluding hydrogens is 260 g/mol. The Labute approximate surface area is 115 Å². The molecule has 2 aromatic heterocycles. The molecule has 0 amide bonds. The summed E-state index contributed by atoms with van der Waals surface area (Å²) in [7, 11) is 0. The molecule has 3 aromatic rings. The standard InChI is InChI=1S/C14H11ClN4/c1-9-2-4-10(5-3-9)18-14-13-11(16-8-17-14)6-7-12(15)19-13/h2-8H,1H3,(H,16,17,18). The Balaban J connectivity index is 2.05. The van der Waals surface area contributed by atoms with Crippen molar-refractivity contribution in [1.82, 2.24) is 15.0 Å². The molecule has 94 valence electrons. The number of aryl methyl sites for hydroxylation is 1. The summed E-state index contributed by atoms with van der Waals surface area (Å²) in [6, 6.07) is 11.6. The zero-order valence-corrected chi connectivity index (χ0v) is 11.0. The highest BCUT2D eigenvalue weighted by Gasteiger charge is 2.06. The largest absolute Gasteiger partial charge is 0.338 e. The third-order valence-electron chi connectivity index (χ3n) is 2.76. The summed E-state index contributed by atoms with van der Waals surface area (Å²) in [5, 5.41) is 3.65. The Kier molecular flexibility index (Phi) is 3.01. The van der Waals surface area contributed by atoms with Gasteiger partial charge in [-0.05, 0) is 31.2 Å². The molecule has 0 spiro atoms. The van der Waals surface area contributed by atoms with Crippen LogP contribution < -0.4 is 5.32 Å². The molecule has 1 aromatic carbocycles. The summed E-state index contributed by atoms with van der Waals surface area (Å²) in [5.74, 6) is 0.649. The van der Waals surface area contributed by atoms with Crippen LogP contribution in [0.15, 0.2) is 42.7 Å². The maximum absolute atomic E-state index is 5.92. The minimum absolute atomic E-state index is 0.425. The topological polar surface area (TPSA) is 50.7 Å². The Morgan fingerprint density at radius 3 is 2.58 bits per heavy atom. The first-order valence-corrected chi connectivity index (χ1v) is 6.21. The third kappa shape index (κ3) is 2.48. The van der Waals surface area contributed by atoms with Crippen molar-refractivity contribution in [3.8, 4) is 0 Å². The third-order valence-corrected chi connectivity index (χ3v) is 2.97. The van der Waals surface area contributed by atoms with Gasteiger partial charge < -0.3 is 5.32 Å². The van der Waals surface area contributed by atoms with E-state index in [1.54, 1.807) is 6.07 Å². The summed E-state index contributed by atoms with van der Waals surface area (Å²) >= 11 is 5.92. The lowest BCUT2D eigenvalue weighted by Crippen LogP contribution is -1.97. The SMILES string of the molecule is Cc1ccc(Nc2ncnc3ccc(Cl)nc23)cc1. The number of nitrogens with one attached hydrogen (secondary N) is 1. The first-order chi connectivity index (χ1) is 9.22. The first-order valence-electron chi connectivity index (χ1n) is 5.83. The van der Waals surface area contributed by atoms with Crippen molar-refractivity contribution in [2.24, 2.45) is 0 Å². The number of nitrogens with zero attached hydrogens (tertiary/aromatic N) is 3. The molecule has 0 aliphatic rings. The number of benzene rings is 1. The second-order valence-electron chi connectivity index (χ2n) is 4.22. The van der Waals surface area contributed by atoms with Gasteiger partial charge >= 0.3 is 0 Å². The molecule has 0 fully saturated rings. The Morgan fingerprint density at radius 2 is 1.79 bits per heavy atom. The summed E-state index contributed by atoms with van der Waals surface area (Å²) in [4.78, 5) is 12.7. The van der Waals surface area contributed by atoms with E-state index in [1.165, 1.54) is 11.9 Å². The monoisotopic (exact) mass is 270 g/mol. The molecule has 0 saturated heterocycles. The number of hydrogen-bond acceptors (Lipinski definition) is 4. The van der Waals surface area contributed by atoms with Crippen LogP contribution in [0.4, 0.5) is 11.5 Å². The maximum Gasteiger partial charge on any atom is 0.160 e. The second kappa shape index (κ2) is 4.82. The van der Waals surface area contributed by atoms with E-state index in [1.807, 2.05) is 37.3 Å². The quantitative estimate of drug-likeness (QED) is 0.721. The number of halogens is 1. The lowest BCUT2D eigenvalue weighted by atomic mass is 10.2. The fraction of sp³-hybridized carbons (Fsp3) is 0.0714. The van der Waals surface area contributed by atoms with E-state index in [0.717, 1.165) is 11.2 Å². The predicted molar refractivity (Wildman–Crippen MR) is 76.8 cm³/mol. The van der Waals surface area contributed by atoms with E-state index >= 15 is 0 Å². The van der Waals surface area contributed by atoms with Crippen LogP contribution in [-0.4, -0.2) is 15.0 Å². The minimum Gasteiger partial charge on any atom is -0.338 e. The molecule has 1 N–H and O–H groups in total. The zero-order chi connectivity index (χ0) is 13.2. The number of pyridine rings is 1. The Morgan fingerprint density at radius 1 is 1.00 bits per heavy atom. The van der Waals surface area contributed by atoms with Crippen LogP contribution in [0, 0.1) is 6.92 Å². The average molecular weight is 271 g/mol. The second-order valence-corrected chi connectivity index (χ2v) is 4.60. The van der Waals surface area contributed by atoms with Gasteiger partial charge in [0.2, 0.25) is 0 Å². The molecule has 5 heteroatoms. The number of anilines is 2. The lowest BCUT2D eigenvalue weighted by Gasteiger charge is -2.07. The summed E-state index contributed by atoms with van der Waals surface area (Å²) < 4.78 is 0. The highest BCUT2D eigenvalue weighted by Crippen LogP contribution is 2.22. The predicted octanol–water partition coefficient (Wildman–Crippen LogP) is 3.73. The summed E-state index contributed by atoms with van der Waals surface area (Å²) in [6.45, 7) is 2.05. The van der Waals surface area contributed by atoms with Gasteiger partial charge in [-0.25, -0.2) is 15.0 Å². The Hall–Kier alpha value is -2.20. The van der Waals surface area contributed by atoms with E-state index in [0.29, 0.717) is 16.5 Å². The van der Waals surface area contributed by atoms with Crippen LogP contribution in [0.3, 0.4) is 0 Å². The molecule has 19 heavy (non-hydrogen) atoms. The highest BCUT2D eigenvalue weighted by atomic mass is 35.5. The van der Waals surface area contributed by atoms with E-state index in [4.69, 9.17) is 11.6 Å². The van der Waals surface area contributed by atoms with Gasteiger partial charge in [-0.15, -0.1) is 0 Å². The first kappa shape index (κ1) is 11.9. The van der Waals surface area contributed by atoms with Gasteiger partial charge in [-0.1, -0.05) is 29.3 Å². The van der Waals surface area contributed by atoms with E-state index in [9.17, 15) is 0 Å². The van der Waals surface area contributed by atoms with Gasteiger partial charge in [0, 0.05) is 5.69 Å². The van der Waals surface area contributed by atoms with Crippen LogP contribution in [0.25, 0.3) is 11.0 Å². The molecule has 0 unspecified atom stereocenters. The van der Waals surface area contributed by atoms with Crippen molar-refractivity contribution in [2.75, 3.05) is 5.32 Å². The van der Waals surface area contributed by atoms with Crippen LogP contribution in [-0.2, 0) is 0 Å². The maximum atomic E-state index is 5.92. The molecule has 0 saturated carbocycles. The van der Waals surface area contributed by atoms with Crippen LogP contribution in [0.2, 0.25) is 5.15 Å². The van der Waals surface area contributed by atoms with Crippen molar-refractivity contribution in [1.29, 1.82) is 0 Å². The van der Waals surface area contributed by atoms with Crippen molar-refractivity contribution >= 4 is 34.1 Å². The summed E-state index contributed by atoms with van der Waals surface area (Å²) in [6.07, 6.45) is 1.51. The van der Waals surface area contributed by atoms with Gasteiger partial charge in [0.15, 0.2) is 5.82 Å². The number of aromatic nitrogens is 3. The van der Waals surface area contributed by atoms with Crippen LogP contribution in [0.5, 0.6) is 0 Å². The molecular formula is C14H11ClN4. The van der Waals surface area contributed by atoms with Gasteiger partial charge in [-0.2, -0.15) is 0 Å². The molecule has 4 nitrogen and oxygen atoms in total. The van der Waals surface area contributed by atoms with Crippen molar-refractivity contribution in [3.05, 3.63) is 53.4 Å². The zero-order valence-electron chi connectivity index (χ0n) is 10.3. The van der Waals surface area contributed by atoms with Gasteiger partial charge in [-0.3, -0.25) is 0 Å². The average Bonchev–Trinajstić information content (AvgIpc) is 2.42. The van der Waals surface area contributed by atoms with Crippen LogP contribution in [0.1, 0.15) is 5.56 Å². The van der Waals surface area contributed by atoms with Crippen molar-refractivity contribution in [2.45, 2.75) is 6.92 Å². The van der Waals surface area contributed by atoms with Gasteiger partial charge in [0.05, 0.1) is 5.52 Å². The van der Waals surface area contributed by atoms with Crippen LogP contribution >= 0.6 is 11.6 Å². The smallest absolute Gasteiger partial charge is 0.160 e. The van der Waals surface area contributed by atoms with E-state index < -0.39 is 0 Å². The molecule has 0 atom stereocenters. The summed E-state index contributed by atoms with van der Waals surface area (Å²) in [5.41, 5.74) is 3.58. The van der Waals surface area contributed by atoms with Crippen molar-refractivity contribution in [3.63, 3.8) is 0 Å². The minimum atomic E-state index is 0.425. The molecule has 2 heterocycles. The normalized spacial score (nSPS) is 10.6. The Bertz CT molecular complexity index is 725. The molecule has 3 rings (SSSR count). The number of rotatable bonds is 2. The van der Waals surface area contributed by atoms with E-state index in [-0.39, 0.29) is 0 Å². The molecule has 0 aliphatic heterocycles. The number of hydrogen-bond donors (Lipinski definition) is 1.